The average Bonchev–Trinajstić information content (AvgIpc) is 3.05. The summed E-state index contributed by atoms with van der Waals surface area (Å²) in [4.78, 5) is 0. The van der Waals surface area contributed by atoms with E-state index in [1.165, 1.54) is 19.3 Å². The molecule has 3 nitrogen and oxygen atoms in total. The Balaban J connectivity index is 1.73. The second kappa shape index (κ2) is 6.44. The number of rotatable bonds is 4. The van der Waals surface area contributed by atoms with Crippen LogP contribution in [0.5, 0.6) is 0 Å². The number of hydrogen-bond acceptors (Lipinski definition) is 2. The van der Waals surface area contributed by atoms with Crippen molar-refractivity contribution in [3.63, 3.8) is 0 Å². The van der Waals surface area contributed by atoms with Crippen molar-refractivity contribution >= 4 is 0 Å². The van der Waals surface area contributed by atoms with Crippen LogP contribution in [0.4, 0.5) is 0 Å². The number of aliphatic hydroxyl groups excluding tert-OH is 1. The highest BCUT2D eigenvalue weighted by molar-refractivity contribution is 5.31. The maximum Gasteiger partial charge on any atom is 0.0848 e. The first kappa shape index (κ1) is 14.3. The van der Waals surface area contributed by atoms with Gasteiger partial charge < -0.3 is 5.11 Å². The van der Waals surface area contributed by atoms with E-state index in [4.69, 9.17) is 0 Å². The van der Waals surface area contributed by atoms with Crippen molar-refractivity contribution < 1.29 is 5.11 Å². The number of para-hydroxylation sites is 1. The van der Waals surface area contributed by atoms with Gasteiger partial charge in [0.05, 0.1) is 18.0 Å². The molecule has 1 aliphatic carbocycles. The summed E-state index contributed by atoms with van der Waals surface area (Å²) in [6.07, 6.45) is 9.48. The van der Waals surface area contributed by atoms with Crippen LogP contribution in [-0.4, -0.2) is 14.9 Å². The zero-order valence-electron chi connectivity index (χ0n) is 12.7. The Morgan fingerprint density at radius 1 is 1.29 bits per heavy atom. The van der Waals surface area contributed by atoms with Crippen LogP contribution in [0.2, 0.25) is 0 Å². The van der Waals surface area contributed by atoms with Crippen molar-refractivity contribution in [3.8, 4) is 5.69 Å². The molecular formula is C18H24N2O. The fourth-order valence-electron chi connectivity index (χ4n) is 3.47. The number of nitrogens with zero attached hydrogens (tertiary/aromatic N) is 2. The van der Waals surface area contributed by atoms with Gasteiger partial charge in [0.25, 0.3) is 0 Å². The van der Waals surface area contributed by atoms with Crippen molar-refractivity contribution in [1.29, 1.82) is 0 Å². The van der Waals surface area contributed by atoms with Crippen LogP contribution in [0, 0.1) is 11.8 Å². The van der Waals surface area contributed by atoms with Crippen molar-refractivity contribution in [2.24, 2.45) is 11.8 Å². The lowest BCUT2D eigenvalue weighted by Gasteiger charge is -2.31. The molecule has 1 saturated carbocycles. The highest BCUT2D eigenvalue weighted by Gasteiger charge is 2.28. The van der Waals surface area contributed by atoms with Crippen LogP contribution in [-0.2, 0) is 0 Å². The Labute approximate surface area is 126 Å². The maximum absolute atomic E-state index is 10.7. The van der Waals surface area contributed by atoms with Gasteiger partial charge in [0.2, 0.25) is 0 Å². The summed E-state index contributed by atoms with van der Waals surface area (Å²) >= 11 is 0. The topological polar surface area (TPSA) is 38.1 Å². The Morgan fingerprint density at radius 2 is 2.10 bits per heavy atom. The molecule has 2 aromatic rings. The van der Waals surface area contributed by atoms with Gasteiger partial charge in [-0.1, -0.05) is 44.4 Å². The molecule has 1 aromatic heterocycles. The lowest BCUT2D eigenvalue weighted by molar-refractivity contribution is 0.0678. The van der Waals surface area contributed by atoms with E-state index in [0.717, 1.165) is 30.0 Å². The van der Waals surface area contributed by atoms with Gasteiger partial charge >= 0.3 is 0 Å². The summed E-state index contributed by atoms with van der Waals surface area (Å²) < 4.78 is 1.85. The van der Waals surface area contributed by atoms with Crippen LogP contribution in [0.3, 0.4) is 0 Å². The lowest BCUT2D eigenvalue weighted by Crippen LogP contribution is -2.21. The molecular weight excluding hydrogens is 260 g/mol. The van der Waals surface area contributed by atoms with Gasteiger partial charge in [0.15, 0.2) is 0 Å². The van der Waals surface area contributed by atoms with Gasteiger partial charge in [-0.05, 0) is 36.8 Å². The van der Waals surface area contributed by atoms with E-state index in [1.54, 1.807) is 0 Å². The van der Waals surface area contributed by atoms with Gasteiger partial charge in [-0.15, -0.1) is 0 Å². The molecule has 1 N–H and O–H groups in total. The van der Waals surface area contributed by atoms with E-state index in [2.05, 4.69) is 12.0 Å². The lowest BCUT2D eigenvalue weighted by atomic mass is 9.76. The fourth-order valence-corrected chi connectivity index (χ4v) is 3.47. The number of aromatic nitrogens is 2. The van der Waals surface area contributed by atoms with Crippen LogP contribution in [0.15, 0.2) is 42.7 Å². The molecule has 21 heavy (non-hydrogen) atoms. The van der Waals surface area contributed by atoms with Gasteiger partial charge in [-0.3, -0.25) is 0 Å². The van der Waals surface area contributed by atoms with Crippen molar-refractivity contribution in [2.75, 3.05) is 0 Å². The largest absolute Gasteiger partial charge is 0.388 e. The first-order valence-corrected chi connectivity index (χ1v) is 8.06. The second-order valence-corrected chi connectivity index (χ2v) is 6.20. The van der Waals surface area contributed by atoms with Crippen molar-refractivity contribution in [1.82, 2.24) is 9.78 Å². The number of hydrogen-bond donors (Lipinski definition) is 1. The molecule has 0 bridgehead atoms. The molecule has 1 aliphatic rings. The summed E-state index contributed by atoms with van der Waals surface area (Å²) in [6, 6.07) is 10.0. The van der Waals surface area contributed by atoms with E-state index in [0.29, 0.717) is 5.92 Å². The molecule has 1 fully saturated rings. The highest BCUT2D eigenvalue weighted by atomic mass is 16.3. The molecule has 3 unspecified atom stereocenters. The van der Waals surface area contributed by atoms with E-state index < -0.39 is 0 Å². The predicted molar refractivity (Wildman–Crippen MR) is 84.3 cm³/mol. The maximum atomic E-state index is 10.7. The van der Waals surface area contributed by atoms with Crippen LogP contribution in [0.25, 0.3) is 5.69 Å². The summed E-state index contributed by atoms with van der Waals surface area (Å²) in [5.41, 5.74) is 1.98. The molecule has 1 aromatic carbocycles. The zero-order chi connectivity index (χ0) is 14.7. The Morgan fingerprint density at radius 3 is 2.86 bits per heavy atom. The van der Waals surface area contributed by atoms with Gasteiger partial charge in [-0.2, -0.15) is 5.10 Å². The second-order valence-electron chi connectivity index (χ2n) is 6.20. The van der Waals surface area contributed by atoms with Crippen molar-refractivity contribution in [3.05, 3.63) is 48.3 Å². The molecule has 0 spiro atoms. The predicted octanol–water partition coefficient (Wildman–Crippen LogP) is 4.12. The Hall–Kier alpha value is -1.61. The summed E-state index contributed by atoms with van der Waals surface area (Å²) in [5, 5.41) is 15.1. The van der Waals surface area contributed by atoms with Crippen molar-refractivity contribution in [2.45, 2.75) is 45.1 Å². The molecule has 0 saturated heterocycles. The molecule has 0 aliphatic heterocycles. The highest BCUT2D eigenvalue weighted by Crippen LogP contribution is 2.38. The molecule has 0 amide bonds. The molecule has 3 heteroatoms. The van der Waals surface area contributed by atoms with E-state index >= 15 is 0 Å². The smallest absolute Gasteiger partial charge is 0.0848 e. The van der Waals surface area contributed by atoms with E-state index in [-0.39, 0.29) is 6.10 Å². The molecule has 0 radical (unpaired) electrons. The summed E-state index contributed by atoms with van der Waals surface area (Å²) in [7, 11) is 0. The van der Waals surface area contributed by atoms with Crippen LogP contribution < -0.4 is 0 Å². The number of aliphatic hydroxyl groups is 1. The van der Waals surface area contributed by atoms with Gasteiger partial charge in [-0.25, -0.2) is 4.68 Å². The van der Waals surface area contributed by atoms with E-state index in [1.807, 2.05) is 47.4 Å². The third-order valence-electron chi connectivity index (χ3n) is 4.81. The Kier molecular flexibility index (Phi) is 4.39. The molecule has 3 rings (SSSR count). The molecule has 1 heterocycles. The minimum Gasteiger partial charge on any atom is -0.388 e. The standard InChI is InChI=1S/C18H24N2O/c1-2-14-7-6-8-15(11-14)18(21)16-12-19-20(13-16)17-9-4-3-5-10-17/h3-5,9-10,12-15,18,21H,2,6-8,11H2,1H3. The monoisotopic (exact) mass is 284 g/mol. The average molecular weight is 284 g/mol. The van der Waals surface area contributed by atoms with Gasteiger partial charge in [0, 0.05) is 11.8 Å². The van der Waals surface area contributed by atoms with Crippen LogP contribution in [0.1, 0.15) is 50.7 Å². The van der Waals surface area contributed by atoms with Gasteiger partial charge in [0.1, 0.15) is 0 Å². The molecule has 112 valence electrons. The fraction of sp³-hybridized carbons (Fsp3) is 0.500. The quantitative estimate of drug-likeness (QED) is 0.917. The Bertz CT molecular complexity index is 564. The summed E-state index contributed by atoms with van der Waals surface area (Å²) in [6.45, 7) is 2.26. The minimum absolute atomic E-state index is 0.378. The SMILES string of the molecule is CCC1CCCC(C(O)c2cnn(-c3ccccc3)c2)C1. The summed E-state index contributed by atoms with van der Waals surface area (Å²) in [5.74, 6) is 1.17. The van der Waals surface area contributed by atoms with Crippen LogP contribution >= 0.6 is 0 Å². The third-order valence-corrected chi connectivity index (χ3v) is 4.81. The normalized spacial score (nSPS) is 23.9. The van der Waals surface area contributed by atoms with E-state index in [9.17, 15) is 5.11 Å². The minimum atomic E-state index is -0.378. The zero-order valence-corrected chi connectivity index (χ0v) is 12.7. The molecule has 3 atom stereocenters. The number of benzene rings is 1. The third kappa shape index (κ3) is 3.18. The first-order chi connectivity index (χ1) is 10.3. The first-order valence-electron chi connectivity index (χ1n) is 8.06.